The molecule has 1 heterocycles. The molecule has 3 heteroatoms. The fourth-order valence-corrected chi connectivity index (χ4v) is 2.27. The van der Waals surface area contributed by atoms with Gasteiger partial charge < -0.3 is 5.32 Å². The fourth-order valence-electron chi connectivity index (χ4n) is 2.27. The summed E-state index contributed by atoms with van der Waals surface area (Å²) < 4.78 is 0. The van der Waals surface area contributed by atoms with Crippen molar-refractivity contribution in [2.75, 3.05) is 6.54 Å². The number of benzene rings is 1. The molecule has 0 bridgehead atoms. The third-order valence-corrected chi connectivity index (χ3v) is 3.13. The maximum atomic E-state index is 4.66. The van der Waals surface area contributed by atoms with Crippen LogP contribution in [0.5, 0.6) is 0 Å². The van der Waals surface area contributed by atoms with Crippen molar-refractivity contribution in [2.45, 2.75) is 40.2 Å². The van der Waals surface area contributed by atoms with Gasteiger partial charge in [-0.15, -0.1) is 0 Å². The Morgan fingerprint density at radius 2 is 1.95 bits per heavy atom. The van der Waals surface area contributed by atoms with E-state index in [1.807, 2.05) is 6.92 Å². The molecule has 1 aromatic heterocycles. The lowest BCUT2D eigenvalue weighted by Crippen LogP contribution is -2.16. The number of hydrogen-bond acceptors (Lipinski definition) is 3. The van der Waals surface area contributed by atoms with Crippen LogP contribution < -0.4 is 5.32 Å². The normalized spacial score (nSPS) is 10.8. The molecular weight excluding hydrogens is 246 g/mol. The zero-order valence-electron chi connectivity index (χ0n) is 12.6. The molecule has 0 spiro atoms. The zero-order valence-corrected chi connectivity index (χ0v) is 12.6. The average molecular weight is 269 g/mol. The minimum Gasteiger partial charge on any atom is -0.311 e. The maximum absolute atomic E-state index is 4.66. The van der Waals surface area contributed by atoms with Gasteiger partial charge in [0.25, 0.3) is 0 Å². The van der Waals surface area contributed by atoms with E-state index < -0.39 is 0 Å². The number of hydrogen-bond donors (Lipinski definition) is 1. The fraction of sp³-hybridized carbons (Fsp3) is 0.412. The number of aromatic nitrogens is 2. The molecule has 0 radical (unpaired) electrons. The van der Waals surface area contributed by atoms with Gasteiger partial charge in [-0.05, 0) is 38.4 Å². The summed E-state index contributed by atoms with van der Waals surface area (Å²) in [7, 11) is 0. The first-order chi connectivity index (χ1) is 9.67. The van der Waals surface area contributed by atoms with Crippen LogP contribution in [0.3, 0.4) is 0 Å². The SMILES string of the molecule is CCCNCc1cc(C)nc(Cc2cccc(C)c2)n1. The van der Waals surface area contributed by atoms with E-state index in [2.05, 4.69) is 59.5 Å². The summed E-state index contributed by atoms with van der Waals surface area (Å²) in [6.07, 6.45) is 1.93. The van der Waals surface area contributed by atoms with E-state index in [9.17, 15) is 0 Å². The Morgan fingerprint density at radius 3 is 2.70 bits per heavy atom. The van der Waals surface area contributed by atoms with Gasteiger partial charge in [0.1, 0.15) is 5.82 Å². The van der Waals surface area contributed by atoms with Gasteiger partial charge in [-0.2, -0.15) is 0 Å². The van der Waals surface area contributed by atoms with Crippen LogP contribution >= 0.6 is 0 Å². The topological polar surface area (TPSA) is 37.8 Å². The summed E-state index contributed by atoms with van der Waals surface area (Å²) >= 11 is 0. The van der Waals surface area contributed by atoms with E-state index in [1.165, 1.54) is 11.1 Å². The molecule has 3 nitrogen and oxygen atoms in total. The Labute approximate surface area is 121 Å². The van der Waals surface area contributed by atoms with Gasteiger partial charge in [-0.25, -0.2) is 9.97 Å². The lowest BCUT2D eigenvalue weighted by Gasteiger charge is -2.07. The summed E-state index contributed by atoms with van der Waals surface area (Å²) in [4.78, 5) is 9.20. The molecular formula is C17H23N3. The third kappa shape index (κ3) is 4.42. The van der Waals surface area contributed by atoms with Crippen LogP contribution in [-0.4, -0.2) is 16.5 Å². The van der Waals surface area contributed by atoms with E-state index in [4.69, 9.17) is 0 Å². The average Bonchev–Trinajstić information content (AvgIpc) is 2.38. The predicted octanol–water partition coefficient (Wildman–Crippen LogP) is 3.18. The smallest absolute Gasteiger partial charge is 0.133 e. The minimum absolute atomic E-state index is 0.796. The molecule has 0 aliphatic carbocycles. The molecule has 1 N–H and O–H groups in total. The predicted molar refractivity (Wildman–Crippen MR) is 82.8 cm³/mol. The van der Waals surface area contributed by atoms with Crippen molar-refractivity contribution in [3.63, 3.8) is 0 Å². The molecule has 0 saturated heterocycles. The van der Waals surface area contributed by atoms with Crippen molar-refractivity contribution in [1.82, 2.24) is 15.3 Å². The highest BCUT2D eigenvalue weighted by Gasteiger charge is 2.04. The van der Waals surface area contributed by atoms with Gasteiger partial charge in [0.2, 0.25) is 0 Å². The lowest BCUT2D eigenvalue weighted by atomic mass is 10.1. The van der Waals surface area contributed by atoms with Crippen molar-refractivity contribution >= 4 is 0 Å². The Balaban J connectivity index is 2.11. The maximum Gasteiger partial charge on any atom is 0.133 e. The van der Waals surface area contributed by atoms with Crippen molar-refractivity contribution in [3.8, 4) is 0 Å². The number of nitrogens with zero attached hydrogens (tertiary/aromatic N) is 2. The second-order valence-electron chi connectivity index (χ2n) is 5.26. The summed E-state index contributed by atoms with van der Waals surface area (Å²) in [6.45, 7) is 8.15. The second-order valence-corrected chi connectivity index (χ2v) is 5.26. The van der Waals surface area contributed by atoms with Crippen molar-refractivity contribution in [3.05, 3.63) is 58.7 Å². The first kappa shape index (κ1) is 14.7. The molecule has 0 fully saturated rings. The van der Waals surface area contributed by atoms with E-state index in [0.29, 0.717) is 0 Å². The van der Waals surface area contributed by atoms with Crippen LogP contribution in [0.25, 0.3) is 0 Å². The summed E-state index contributed by atoms with van der Waals surface area (Å²) in [6, 6.07) is 10.6. The van der Waals surface area contributed by atoms with E-state index in [0.717, 1.165) is 43.1 Å². The Hall–Kier alpha value is -1.74. The molecule has 20 heavy (non-hydrogen) atoms. The first-order valence-electron chi connectivity index (χ1n) is 7.27. The van der Waals surface area contributed by atoms with Crippen LogP contribution in [0.15, 0.2) is 30.3 Å². The molecule has 0 aliphatic heterocycles. The Kier molecular flexibility index (Phi) is 5.24. The molecule has 0 unspecified atom stereocenters. The molecule has 0 atom stereocenters. The standard InChI is InChI=1S/C17H23N3/c1-4-8-18-12-16-10-14(3)19-17(20-16)11-15-7-5-6-13(2)9-15/h5-7,9-10,18H,4,8,11-12H2,1-3H3. The van der Waals surface area contributed by atoms with Gasteiger partial charge in [-0.1, -0.05) is 36.8 Å². The van der Waals surface area contributed by atoms with E-state index in [-0.39, 0.29) is 0 Å². The van der Waals surface area contributed by atoms with Gasteiger partial charge in [0.05, 0.1) is 5.69 Å². The second kappa shape index (κ2) is 7.15. The Morgan fingerprint density at radius 1 is 1.10 bits per heavy atom. The number of aryl methyl sites for hydroxylation is 2. The van der Waals surface area contributed by atoms with Crippen molar-refractivity contribution < 1.29 is 0 Å². The molecule has 0 saturated carbocycles. The van der Waals surface area contributed by atoms with Gasteiger partial charge >= 0.3 is 0 Å². The third-order valence-electron chi connectivity index (χ3n) is 3.13. The van der Waals surface area contributed by atoms with Crippen molar-refractivity contribution in [1.29, 1.82) is 0 Å². The highest BCUT2D eigenvalue weighted by atomic mass is 14.9. The van der Waals surface area contributed by atoms with Crippen LogP contribution in [0.1, 0.15) is 41.7 Å². The number of rotatable bonds is 6. The van der Waals surface area contributed by atoms with Crippen LogP contribution in [0, 0.1) is 13.8 Å². The first-order valence-corrected chi connectivity index (χ1v) is 7.27. The highest BCUT2D eigenvalue weighted by molar-refractivity contribution is 5.25. The zero-order chi connectivity index (χ0) is 14.4. The van der Waals surface area contributed by atoms with Gasteiger partial charge in [-0.3, -0.25) is 0 Å². The van der Waals surface area contributed by atoms with Crippen LogP contribution in [0.4, 0.5) is 0 Å². The van der Waals surface area contributed by atoms with Gasteiger partial charge in [0, 0.05) is 18.7 Å². The molecule has 2 rings (SSSR count). The largest absolute Gasteiger partial charge is 0.311 e. The molecule has 1 aromatic carbocycles. The number of nitrogens with one attached hydrogen (secondary N) is 1. The van der Waals surface area contributed by atoms with Gasteiger partial charge in [0.15, 0.2) is 0 Å². The Bertz CT molecular complexity index is 564. The summed E-state index contributed by atoms with van der Waals surface area (Å²) in [5.74, 6) is 0.906. The highest BCUT2D eigenvalue weighted by Crippen LogP contribution is 2.10. The molecule has 2 aromatic rings. The van der Waals surface area contributed by atoms with E-state index in [1.54, 1.807) is 0 Å². The molecule has 0 aliphatic rings. The summed E-state index contributed by atoms with van der Waals surface area (Å²) in [5, 5.41) is 3.39. The monoisotopic (exact) mass is 269 g/mol. The van der Waals surface area contributed by atoms with E-state index >= 15 is 0 Å². The summed E-state index contributed by atoms with van der Waals surface area (Å²) in [5.41, 5.74) is 4.66. The van der Waals surface area contributed by atoms with Crippen LogP contribution in [0.2, 0.25) is 0 Å². The molecule has 0 amide bonds. The van der Waals surface area contributed by atoms with Crippen LogP contribution in [-0.2, 0) is 13.0 Å². The minimum atomic E-state index is 0.796. The quantitative estimate of drug-likeness (QED) is 0.818. The molecule has 106 valence electrons. The van der Waals surface area contributed by atoms with Crippen molar-refractivity contribution in [2.24, 2.45) is 0 Å². The lowest BCUT2D eigenvalue weighted by molar-refractivity contribution is 0.658.